The fraction of sp³-hybridized carbons (Fsp3) is 0.375. The Balaban J connectivity index is 0.000000324. The molecule has 0 aliphatic heterocycles. The van der Waals surface area contributed by atoms with Gasteiger partial charge in [0, 0.05) is 13.2 Å². The number of hydrogen-bond acceptors (Lipinski definition) is 2. The third-order valence-electron chi connectivity index (χ3n) is 2.71. The molecule has 19 heavy (non-hydrogen) atoms. The van der Waals surface area contributed by atoms with Crippen LogP contribution < -0.4 is 0 Å². The van der Waals surface area contributed by atoms with Gasteiger partial charge in [-0.2, -0.15) is 0 Å². The van der Waals surface area contributed by atoms with E-state index in [1.165, 1.54) is 11.8 Å². The van der Waals surface area contributed by atoms with E-state index >= 15 is 0 Å². The maximum absolute atomic E-state index is 8.47. The van der Waals surface area contributed by atoms with Gasteiger partial charge in [-0.25, -0.2) is 0 Å². The number of rotatable bonds is 6. The zero-order chi connectivity index (χ0) is 13.1. The van der Waals surface area contributed by atoms with Crippen molar-refractivity contribution < 1.29 is 27.3 Å². The monoisotopic (exact) mass is 302 g/mol. The Morgan fingerprint density at radius 2 is 0.947 bits per heavy atom. The van der Waals surface area contributed by atoms with Crippen LogP contribution in [0.4, 0.5) is 0 Å². The van der Waals surface area contributed by atoms with Crippen LogP contribution in [-0.4, -0.2) is 23.4 Å². The quantitative estimate of drug-likeness (QED) is 0.739. The summed E-state index contributed by atoms with van der Waals surface area (Å²) in [5.74, 6) is 2.65. The first-order valence-electron chi connectivity index (χ1n) is 6.49. The molecule has 2 nitrogen and oxygen atoms in total. The molecule has 10 radical (unpaired) electrons. The molecule has 0 bridgehead atoms. The topological polar surface area (TPSA) is 40.5 Å². The van der Waals surface area contributed by atoms with E-state index in [1.807, 2.05) is 25.7 Å². The average molecular weight is 302 g/mol. The third-order valence-corrected chi connectivity index (χ3v) is 2.71. The smallest absolute Gasteiger partial charge is 0.396 e. The largest absolute Gasteiger partial charge is 2.00 e. The molecule has 0 unspecified atom stereocenters. The van der Waals surface area contributed by atoms with E-state index in [0.717, 1.165) is 25.7 Å². The Morgan fingerprint density at radius 3 is 1.21 bits per heavy atom. The molecular weight excluding hydrogens is 280 g/mol. The van der Waals surface area contributed by atoms with E-state index in [2.05, 4.69) is 25.7 Å². The summed E-state index contributed by atoms with van der Waals surface area (Å²) in [5, 5.41) is 16.9. The summed E-state index contributed by atoms with van der Waals surface area (Å²) in [4.78, 5) is 0. The standard InChI is InChI=1S/2C8H11O.Fe/c2*9-7-3-6-8-4-1-2-5-8;/h2*1-2,4-5,9H,3,6-7H2;/q;;+2. The number of aliphatic hydroxyl groups is 2. The third kappa shape index (κ3) is 9.90. The molecule has 3 heteroatoms. The van der Waals surface area contributed by atoms with Gasteiger partial charge >= 0.3 is 17.1 Å². The summed E-state index contributed by atoms with van der Waals surface area (Å²) < 4.78 is 0. The van der Waals surface area contributed by atoms with Gasteiger partial charge in [-0.15, -0.1) is 0 Å². The van der Waals surface area contributed by atoms with Crippen LogP contribution in [0.3, 0.4) is 0 Å². The van der Waals surface area contributed by atoms with Gasteiger partial charge < -0.3 is 10.2 Å². The summed E-state index contributed by atoms with van der Waals surface area (Å²) in [7, 11) is 0. The van der Waals surface area contributed by atoms with Crippen molar-refractivity contribution in [3.63, 3.8) is 0 Å². The molecule has 0 atom stereocenters. The minimum absolute atomic E-state index is 0. The second kappa shape index (κ2) is 13.4. The van der Waals surface area contributed by atoms with E-state index in [9.17, 15) is 0 Å². The van der Waals surface area contributed by atoms with Crippen molar-refractivity contribution in [3.05, 3.63) is 63.2 Å². The van der Waals surface area contributed by atoms with Crippen LogP contribution in [0.5, 0.6) is 0 Å². The Morgan fingerprint density at radius 1 is 0.632 bits per heavy atom. The molecule has 2 rings (SSSR count). The summed E-state index contributed by atoms with van der Waals surface area (Å²) in [6, 6.07) is 0. The molecule has 0 aromatic heterocycles. The minimum atomic E-state index is 0. The molecule has 2 aliphatic rings. The Hall–Kier alpha value is 0.439. The van der Waals surface area contributed by atoms with Gasteiger partial charge in [-0.1, -0.05) is 0 Å². The average Bonchev–Trinajstić information content (AvgIpc) is 3.07. The fourth-order valence-electron chi connectivity index (χ4n) is 1.73. The molecule has 104 valence electrons. The Bertz CT molecular complexity index is 156. The molecule has 0 aromatic carbocycles. The van der Waals surface area contributed by atoms with Gasteiger partial charge in [-0.3, -0.25) is 0 Å². The summed E-state index contributed by atoms with van der Waals surface area (Å²) in [6.45, 7) is 0.594. The first-order chi connectivity index (χ1) is 8.86. The van der Waals surface area contributed by atoms with E-state index in [-0.39, 0.29) is 17.1 Å². The second-order valence-corrected chi connectivity index (χ2v) is 4.24. The molecule has 0 spiro atoms. The van der Waals surface area contributed by atoms with E-state index in [1.54, 1.807) is 0 Å². The van der Waals surface area contributed by atoms with Gasteiger partial charge in [0.1, 0.15) is 0 Å². The van der Waals surface area contributed by atoms with Gasteiger partial charge in [0.25, 0.3) is 0 Å². The van der Waals surface area contributed by atoms with Gasteiger partial charge in [0.05, 0.1) is 0 Å². The van der Waals surface area contributed by atoms with Crippen LogP contribution in [0.2, 0.25) is 0 Å². The molecule has 0 saturated heterocycles. The summed E-state index contributed by atoms with van der Waals surface area (Å²) >= 11 is 0. The second-order valence-electron chi connectivity index (χ2n) is 4.24. The maximum atomic E-state index is 8.47. The summed E-state index contributed by atoms with van der Waals surface area (Å²) in [5.41, 5.74) is 0. The van der Waals surface area contributed by atoms with Crippen LogP contribution in [0.1, 0.15) is 25.7 Å². The van der Waals surface area contributed by atoms with Crippen LogP contribution in [0.25, 0.3) is 0 Å². The molecule has 2 N–H and O–H groups in total. The van der Waals surface area contributed by atoms with E-state index in [0.29, 0.717) is 13.2 Å². The van der Waals surface area contributed by atoms with Crippen molar-refractivity contribution in [1.29, 1.82) is 0 Å². The number of hydrogen-bond donors (Lipinski definition) is 2. The molecule has 0 aromatic rings. The Labute approximate surface area is 129 Å². The fourth-order valence-corrected chi connectivity index (χ4v) is 1.73. The Kier molecular flexibility index (Phi) is 13.7. The van der Waals surface area contributed by atoms with Crippen LogP contribution in [0, 0.1) is 63.2 Å². The number of aliphatic hydroxyl groups excluding tert-OH is 2. The predicted molar refractivity (Wildman–Crippen MR) is 73.5 cm³/mol. The van der Waals surface area contributed by atoms with Crippen LogP contribution >= 0.6 is 0 Å². The molecule has 2 fully saturated rings. The van der Waals surface area contributed by atoms with Gasteiger partial charge in [-0.05, 0) is 88.9 Å². The summed E-state index contributed by atoms with van der Waals surface area (Å²) in [6.07, 6.45) is 20.2. The molecule has 0 amide bonds. The normalized spacial score (nSPS) is 19.9. The van der Waals surface area contributed by atoms with Crippen molar-refractivity contribution in [3.8, 4) is 0 Å². The first kappa shape index (κ1) is 19.4. The minimum Gasteiger partial charge on any atom is -0.396 e. The molecule has 0 heterocycles. The van der Waals surface area contributed by atoms with Crippen molar-refractivity contribution in [2.45, 2.75) is 25.7 Å². The van der Waals surface area contributed by atoms with E-state index in [4.69, 9.17) is 10.2 Å². The molecular formula is C16H22FeO2+2. The van der Waals surface area contributed by atoms with Crippen molar-refractivity contribution in [2.24, 2.45) is 0 Å². The molecule has 2 saturated carbocycles. The SMILES string of the molecule is OCCC[C]1[CH][CH][CH][CH]1.OCCC[C]1[CH][CH][CH][CH]1.[Fe+2]. The first-order valence-corrected chi connectivity index (χ1v) is 6.49. The van der Waals surface area contributed by atoms with Gasteiger partial charge in [0.2, 0.25) is 0 Å². The maximum Gasteiger partial charge on any atom is 2.00 e. The predicted octanol–water partition coefficient (Wildman–Crippen LogP) is 2.33. The van der Waals surface area contributed by atoms with Crippen LogP contribution in [0.15, 0.2) is 0 Å². The van der Waals surface area contributed by atoms with Crippen molar-refractivity contribution >= 4 is 0 Å². The zero-order valence-corrected chi connectivity index (χ0v) is 12.2. The van der Waals surface area contributed by atoms with Crippen LogP contribution in [-0.2, 0) is 17.1 Å². The zero-order valence-electron chi connectivity index (χ0n) is 11.1. The molecule has 2 aliphatic carbocycles. The van der Waals surface area contributed by atoms with Gasteiger partial charge in [0.15, 0.2) is 0 Å². The van der Waals surface area contributed by atoms with E-state index < -0.39 is 0 Å². The van der Waals surface area contributed by atoms with Crippen molar-refractivity contribution in [1.82, 2.24) is 0 Å². The van der Waals surface area contributed by atoms with Crippen molar-refractivity contribution in [2.75, 3.05) is 13.2 Å².